The van der Waals surface area contributed by atoms with Crippen molar-refractivity contribution in [2.75, 3.05) is 19.8 Å². The fraction of sp³-hybridized carbons (Fsp3) is 0.263. The average Bonchev–Trinajstić information content (AvgIpc) is 2.58. The highest BCUT2D eigenvalue weighted by atomic mass is 35.5. The third-order valence-electron chi connectivity index (χ3n) is 3.51. The summed E-state index contributed by atoms with van der Waals surface area (Å²) in [5.41, 5.74) is 1.76. The molecule has 0 saturated heterocycles. The van der Waals surface area contributed by atoms with Gasteiger partial charge in [-0.1, -0.05) is 35.4 Å². The quantitative estimate of drug-likeness (QED) is 0.591. The van der Waals surface area contributed by atoms with Crippen LogP contribution in [0.5, 0.6) is 5.75 Å². The van der Waals surface area contributed by atoms with E-state index >= 15 is 0 Å². The Hall–Kier alpha value is -2.60. The standard InChI is InChI=1S/C19H19ClFNO4/c1-12-6-7-16(13(2)10-12)25-9-8-22-17(23)11-26-19(24)18-14(20)4-3-5-15(18)21/h3-7,10H,8-9,11H2,1-2H3,(H,22,23). The summed E-state index contributed by atoms with van der Waals surface area (Å²) in [7, 11) is 0. The first-order chi connectivity index (χ1) is 12.4. The van der Waals surface area contributed by atoms with Crippen molar-refractivity contribution in [3.8, 4) is 5.75 Å². The summed E-state index contributed by atoms with van der Waals surface area (Å²) < 4.78 is 24.0. The number of carbonyl (C=O) groups is 2. The fourth-order valence-corrected chi connectivity index (χ4v) is 2.50. The molecule has 7 heteroatoms. The molecule has 0 spiro atoms. The Morgan fingerprint density at radius 3 is 2.65 bits per heavy atom. The second-order valence-corrected chi connectivity index (χ2v) is 6.05. The van der Waals surface area contributed by atoms with Gasteiger partial charge in [-0.25, -0.2) is 9.18 Å². The Balaban J connectivity index is 1.73. The maximum absolute atomic E-state index is 13.6. The predicted octanol–water partition coefficient (Wildman–Crippen LogP) is 3.45. The molecule has 0 aliphatic rings. The number of aryl methyl sites for hydroxylation is 2. The molecule has 0 fully saturated rings. The predicted molar refractivity (Wildman–Crippen MR) is 96.1 cm³/mol. The minimum atomic E-state index is -0.991. The highest BCUT2D eigenvalue weighted by Gasteiger charge is 2.18. The van der Waals surface area contributed by atoms with Gasteiger partial charge in [0.2, 0.25) is 0 Å². The number of hydrogen-bond donors (Lipinski definition) is 1. The van der Waals surface area contributed by atoms with E-state index in [-0.39, 0.29) is 23.7 Å². The zero-order valence-electron chi connectivity index (χ0n) is 14.5. The van der Waals surface area contributed by atoms with Gasteiger partial charge in [-0.15, -0.1) is 0 Å². The van der Waals surface area contributed by atoms with E-state index in [0.717, 1.165) is 22.9 Å². The van der Waals surface area contributed by atoms with E-state index in [1.807, 2.05) is 32.0 Å². The minimum absolute atomic E-state index is 0.0720. The first-order valence-electron chi connectivity index (χ1n) is 7.96. The molecule has 2 aromatic carbocycles. The lowest BCUT2D eigenvalue weighted by atomic mass is 10.1. The Morgan fingerprint density at radius 2 is 1.96 bits per heavy atom. The Labute approximate surface area is 156 Å². The van der Waals surface area contributed by atoms with Crippen LogP contribution in [0.3, 0.4) is 0 Å². The minimum Gasteiger partial charge on any atom is -0.491 e. The van der Waals surface area contributed by atoms with E-state index in [1.165, 1.54) is 12.1 Å². The number of benzene rings is 2. The van der Waals surface area contributed by atoms with Crippen molar-refractivity contribution in [2.24, 2.45) is 0 Å². The Morgan fingerprint density at radius 1 is 1.19 bits per heavy atom. The molecule has 0 bridgehead atoms. The van der Waals surface area contributed by atoms with Crippen molar-refractivity contribution in [3.05, 3.63) is 63.9 Å². The van der Waals surface area contributed by atoms with Crippen molar-refractivity contribution < 1.29 is 23.5 Å². The highest BCUT2D eigenvalue weighted by molar-refractivity contribution is 6.33. The summed E-state index contributed by atoms with van der Waals surface area (Å²) in [4.78, 5) is 23.5. The topological polar surface area (TPSA) is 64.6 Å². The zero-order valence-corrected chi connectivity index (χ0v) is 15.2. The molecule has 1 amide bonds. The number of halogens is 2. The summed E-state index contributed by atoms with van der Waals surface area (Å²) in [5, 5.41) is 2.48. The molecule has 0 aromatic heterocycles. The molecule has 2 aromatic rings. The van der Waals surface area contributed by atoms with Gasteiger partial charge >= 0.3 is 5.97 Å². The Bertz CT molecular complexity index is 790. The van der Waals surface area contributed by atoms with Crippen molar-refractivity contribution >= 4 is 23.5 Å². The van der Waals surface area contributed by atoms with Crippen molar-refractivity contribution in [2.45, 2.75) is 13.8 Å². The van der Waals surface area contributed by atoms with Gasteiger partial charge in [0.05, 0.1) is 11.6 Å². The van der Waals surface area contributed by atoms with Crippen LogP contribution in [0.4, 0.5) is 4.39 Å². The van der Waals surface area contributed by atoms with Gasteiger partial charge in [0.1, 0.15) is 23.7 Å². The molecule has 26 heavy (non-hydrogen) atoms. The largest absolute Gasteiger partial charge is 0.491 e. The lowest BCUT2D eigenvalue weighted by Gasteiger charge is -2.11. The van der Waals surface area contributed by atoms with Crippen LogP contribution in [0.1, 0.15) is 21.5 Å². The molecule has 0 heterocycles. The van der Waals surface area contributed by atoms with Crippen LogP contribution in [0.2, 0.25) is 5.02 Å². The first-order valence-corrected chi connectivity index (χ1v) is 8.34. The number of rotatable bonds is 7. The average molecular weight is 380 g/mol. The fourth-order valence-electron chi connectivity index (χ4n) is 2.26. The number of carbonyl (C=O) groups excluding carboxylic acids is 2. The van der Waals surface area contributed by atoms with Gasteiger partial charge in [-0.05, 0) is 37.6 Å². The second kappa shape index (κ2) is 9.20. The van der Waals surface area contributed by atoms with Crippen LogP contribution < -0.4 is 10.1 Å². The molecule has 138 valence electrons. The van der Waals surface area contributed by atoms with Crippen LogP contribution in [-0.4, -0.2) is 31.6 Å². The molecule has 0 aliphatic carbocycles. The van der Waals surface area contributed by atoms with E-state index in [0.29, 0.717) is 0 Å². The molecule has 0 unspecified atom stereocenters. The lowest BCUT2D eigenvalue weighted by Crippen LogP contribution is -2.32. The lowest BCUT2D eigenvalue weighted by molar-refractivity contribution is -0.124. The third kappa shape index (κ3) is 5.46. The van der Waals surface area contributed by atoms with Crippen molar-refractivity contribution in [1.29, 1.82) is 0 Å². The third-order valence-corrected chi connectivity index (χ3v) is 3.83. The maximum Gasteiger partial charge on any atom is 0.343 e. The summed E-state index contributed by atoms with van der Waals surface area (Å²) in [5.74, 6) is -1.57. The van der Waals surface area contributed by atoms with Gasteiger partial charge in [0.25, 0.3) is 5.91 Å². The van der Waals surface area contributed by atoms with Gasteiger partial charge in [-0.2, -0.15) is 0 Å². The molecule has 1 N–H and O–H groups in total. The number of hydrogen-bond acceptors (Lipinski definition) is 4. The summed E-state index contributed by atoms with van der Waals surface area (Å²) in [6.07, 6.45) is 0. The number of nitrogens with one attached hydrogen (secondary N) is 1. The highest BCUT2D eigenvalue weighted by Crippen LogP contribution is 2.20. The zero-order chi connectivity index (χ0) is 19.1. The molecule has 0 saturated carbocycles. The van der Waals surface area contributed by atoms with Gasteiger partial charge in [-0.3, -0.25) is 4.79 Å². The molecule has 0 atom stereocenters. The van der Waals surface area contributed by atoms with E-state index in [2.05, 4.69) is 5.32 Å². The molecular weight excluding hydrogens is 361 g/mol. The van der Waals surface area contributed by atoms with Gasteiger partial charge in [0.15, 0.2) is 6.61 Å². The van der Waals surface area contributed by atoms with Crippen LogP contribution >= 0.6 is 11.6 Å². The van der Waals surface area contributed by atoms with E-state index < -0.39 is 24.3 Å². The maximum atomic E-state index is 13.6. The number of ether oxygens (including phenoxy) is 2. The van der Waals surface area contributed by atoms with Gasteiger partial charge < -0.3 is 14.8 Å². The first kappa shape index (κ1) is 19.7. The van der Waals surface area contributed by atoms with Crippen LogP contribution in [-0.2, 0) is 9.53 Å². The SMILES string of the molecule is Cc1ccc(OCCNC(=O)COC(=O)c2c(F)cccc2Cl)c(C)c1. The van der Waals surface area contributed by atoms with E-state index in [1.54, 1.807) is 0 Å². The number of esters is 1. The molecule has 0 radical (unpaired) electrons. The van der Waals surface area contributed by atoms with Gasteiger partial charge in [0, 0.05) is 0 Å². The van der Waals surface area contributed by atoms with Crippen molar-refractivity contribution in [3.63, 3.8) is 0 Å². The van der Waals surface area contributed by atoms with E-state index in [9.17, 15) is 14.0 Å². The second-order valence-electron chi connectivity index (χ2n) is 5.64. The summed E-state index contributed by atoms with van der Waals surface area (Å²) >= 11 is 5.76. The Kier molecular flexibility index (Phi) is 6.97. The smallest absolute Gasteiger partial charge is 0.343 e. The molecule has 2 rings (SSSR count). The van der Waals surface area contributed by atoms with Crippen LogP contribution in [0.25, 0.3) is 0 Å². The molecule has 5 nitrogen and oxygen atoms in total. The van der Waals surface area contributed by atoms with Crippen LogP contribution in [0, 0.1) is 19.7 Å². The molecular formula is C19H19ClFNO4. The van der Waals surface area contributed by atoms with Crippen LogP contribution in [0.15, 0.2) is 36.4 Å². The summed E-state index contributed by atoms with van der Waals surface area (Å²) in [6.45, 7) is 3.90. The molecule has 0 aliphatic heterocycles. The van der Waals surface area contributed by atoms with Crippen molar-refractivity contribution in [1.82, 2.24) is 5.32 Å². The summed E-state index contributed by atoms with van der Waals surface area (Å²) in [6, 6.07) is 9.64. The van der Waals surface area contributed by atoms with E-state index in [4.69, 9.17) is 21.1 Å². The monoisotopic (exact) mass is 379 g/mol. The normalized spacial score (nSPS) is 10.3. The number of amides is 1.